The van der Waals surface area contributed by atoms with E-state index in [9.17, 15) is 22.8 Å². The number of thiophene rings is 1. The largest absolute Gasteiger partial charge is 0.462 e. The van der Waals surface area contributed by atoms with E-state index in [1.54, 1.807) is 27.9 Å². The highest BCUT2D eigenvalue weighted by atomic mass is 32.2. The summed E-state index contributed by atoms with van der Waals surface area (Å²) < 4.78 is 28.5. The van der Waals surface area contributed by atoms with Gasteiger partial charge < -0.3 is 15.0 Å². The van der Waals surface area contributed by atoms with Gasteiger partial charge in [-0.2, -0.15) is 0 Å². The fraction of sp³-hybridized carbons (Fsp3) is 0.438. The monoisotopic (exact) mass is 402 g/mol. The van der Waals surface area contributed by atoms with Crippen LogP contribution in [0.3, 0.4) is 0 Å². The zero-order valence-corrected chi connectivity index (χ0v) is 16.8. The Balaban J connectivity index is 3.25. The molecule has 0 atom stereocenters. The van der Waals surface area contributed by atoms with Crippen molar-refractivity contribution in [2.75, 3.05) is 37.5 Å². The molecule has 0 aliphatic heterocycles. The van der Waals surface area contributed by atoms with E-state index in [0.717, 1.165) is 11.3 Å². The minimum atomic E-state index is -3.64. The molecule has 0 spiro atoms. The predicted molar refractivity (Wildman–Crippen MR) is 101 cm³/mol. The van der Waals surface area contributed by atoms with Crippen molar-refractivity contribution in [2.45, 2.75) is 13.8 Å². The summed E-state index contributed by atoms with van der Waals surface area (Å²) >= 11 is 0.905. The molecule has 0 saturated heterocycles. The number of carbonyl (C=O) groups is 3. The van der Waals surface area contributed by atoms with Crippen molar-refractivity contribution >= 4 is 44.0 Å². The molecule has 1 aromatic rings. The summed E-state index contributed by atoms with van der Waals surface area (Å²) in [6.07, 6.45) is 1.19. The van der Waals surface area contributed by atoms with Gasteiger partial charge in [-0.15, -0.1) is 17.9 Å². The normalized spacial score (nSPS) is 10.9. The van der Waals surface area contributed by atoms with Crippen LogP contribution in [0.4, 0.5) is 5.00 Å². The molecule has 144 valence electrons. The molecule has 2 amide bonds. The topological polar surface area (TPSA) is 110 Å². The summed E-state index contributed by atoms with van der Waals surface area (Å²) in [5.41, 5.74) is 0.424. The van der Waals surface area contributed by atoms with Gasteiger partial charge in [0.15, 0.2) is 9.84 Å². The molecule has 8 nitrogen and oxygen atoms in total. The molecule has 26 heavy (non-hydrogen) atoms. The van der Waals surface area contributed by atoms with Gasteiger partial charge in [-0.3, -0.25) is 9.59 Å². The lowest BCUT2D eigenvalue weighted by atomic mass is 10.1. The molecule has 1 rings (SSSR count). The summed E-state index contributed by atoms with van der Waals surface area (Å²) in [7, 11) is -0.522. The van der Waals surface area contributed by atoms with Crippen LogP contribution < -0.4 is 5.32 Å². The number of carbonyl (C=O) groups excluding carboxylic acids is 3. The summed E-state index contributed by atoms with van der Waals surface area (Å²) in [5.74, 6) is -2.92. The van der Waals surface area contributed by atoms with Crippen LogP contribution in [0.1, 0.15) is 32.5 Å². The van der Waals surface area contributed by atoms with Crippen LogP contribution in [0.15, 0.2) is 12.7 Å². The van der Waals surface area contributed by atoms with E-state index >= 15 is 0 Å². The third kappa shape index (κ3) is 5.40. The summed E-state index contributed by atoms with van der Waals surface area (Å²) in [6.45, 7) is 6.65. The maximum absolute atomic E-state index is 12.3. The van der Waals surface area contributed by atoms with E-state index < -0.39 is 27.5 Å². The highest BCUT2D eigenvalue weighted by Gasteiger charge is 2.28. The molecule has 0 aromatic carbocycles. The maximum Gasteiger partial charge on any atom is 0.341 e. The molecule has 0 unspecified atom stereocenters. The first kappa shape index (κ1) is 21.8. The average Bonchev–Trinajstić information content (AvgIpc) is 2.81. The van der Waals surface area contributed by atoms with Crippen molar-refractivity contribution in [1.29, 1.82) is 0 Å². The second kappa shape index (κ2) is 8.95. The first-order valence-corrected chi connectivity index (χ1v) is 10.3. The fourth-order valence-corrected chi connectivity index (χ4v) is 4.24. The Bertz CT molecular complexity index is 824. The second-order valence-corrected chi connectivity index (χ2v) is 8.70. The van der Waals surface area contributed by atoms with E-state index in [2.05, 4.69) is 11.9 Å². The number of ether oxygens (including phenoxy) is 1. The average molecular weight is 402 g/mol. The number of amides is 2. The molecule has 1 heterocycles. The number of nitrogens with zero attached hydrogens (tertiary/aromatic N) is 1. The first-order valence-electron chi connectivity index (χ1n) is 7.67. The first-order chi connectivity index (χ1) is 12.0. The van der Waals surface area contributed by atoms with Gasteiger partial charge in [0.25, 0.3) is 5.91 Å². The molecular weight excluding hydrogens is 380 g/mol. The van der Waals surface area contributed by atoms with Gasteiger partial charge in [-0.25, -0.2) is 13.2 Å². The Labute approximate surface area is 156 Å². The summed E-state index contributed by atoms with van der Waals surface area (Å²) in [6, 6.07) is 0. The lowest BCUT2D eigenvalue weighted by Gasteiger charge is -2.09. The Hall–Kier alpha value is -2.20. The number of rotatable bonds is 8. The van der Waals surface area contributed by atoms with Crippen molar-refractivity contribution in [1.82, 2.24) is 4.90 Å². The quantitative estimate of drug-likeness (QED) is 0.521. The van der Waals surface area contributed by atoms with Crippen LogP contribution in [0.25, 0.3) is 0 Å². The standard InChI is InChI=1S/C16H22N2O6S2/c1-6-8-26(22,23)9-11(19)17-14-12(16(21)24-7-2)10(3)13(25-14)15(20)18(4)5/h6H,1,7-9H2,2-5H3,(H,17,19). The minimum Gasteiger partial charge on any atom is -0.462 e. The third-order valence-electron chi connectivity index (χ3n) is 3.20. The second-order valence-electron chi connectivity index (χ2n) is 5.57. The van der Waals surface area contributed by atoms with Crippen molar-refractivity contribution in [3.63, 3.8) is 0 Å². The molecule has 0 saturated carbocycles. The van der Waals surface area contributed by atoms with Gasteiger partial charge in [0.05, 0.1) is 22.8 Å². The van der Waals surface area contributed by atoms with Gasteiger partial charge in [-0.05, 0) is 19.4 Å². The van der Waals surface area contributed by atoms with Crippen molar-refractivity contribution in [3.8, 4) is 0 Å². The van der Waals surface area contributed by atoms with Crippen molar-refractivity contribution < 1.29 is 27.5 Å². The van der Waals surface area contributed by atoms with Crippen LogP contribution in [0.5, 0.6) is 0 Å². The Morgan fingerprint density at radius 3 is 2.42 bits per heavy atom. The van der Waals surface area contributed by atoms with E-state index in [4.69, 9.17) is 4.74 Å². The third-order valence-corrected chi connectivity index (χ3v) is 5.84. The van der Waals surface area contributed by atoms with Gasteiger partial charge in [0, 0.05) is 14.1 Å². The van der Waals surface area contributed by atoms with Crippen LogP contribution in [-0.2, 0) is 19.4 Å². The molecule has 1 N–H and O–H groups in total. The Morgan fingerprint density at radius 1 is 1.31 bits per heavy atom. The van der Waals surface area contributed by atoms with Gasteiger partial charge in [0.1, 0.15) is 10.8 Å². The Morgan fingerprint density at radius 2 is 1.92 bits per heavy atom. The highest BCUT2D eigenvalue weighted by Crippen LogP contribution is 2.34. The van der Waals surface area contributed by atoms with Gasteiger partial charge in [0.2, 0.25) is 5.91 Å². The van der Waals surface area contributed by atoms with E-state index in [-0.39, 0.29) is 33.7 Å². The molecule has 0 fully saturated rings. The number of esters is 1. The van der Waals surface area contributed by atoms with Gasteiger partial charge >= 0.3 is 5.97 Å². The molecular formula is C16H22N2O6S2. The lowest BCUT2D eigenvalue weighted by Crippen LogP contribution is -2.24. The van der Waals surface area contributed by atoms with E-state index in [0.29, 0.717) is 5.56 Å². The van der Waals surface area contributed by atoms with Crippen LogP contribution in [0.2, 0.25) is 0 Å². The van der Waals surface area contributed by atoms with Gasteiger partial charge in [-0.1, -0.05) is 6.08 Å². The highest BCUT2D eigenvalue weighted by molar-refractivity contribution is 7.92. The van der Waals surface area contributed by atoms with Crippen molar-refractivity contribution in [2.24, 2.45) is 0 Å². The number of nitrogens with one attached hydrogen (secondary N) is 1. The molecule has 0 bridgehead atoms. The van der Waals surface area contributed by atoms with Crippen LogP contribution >= 0.6 is 11.3 Å². The Kier molecular flexibility index (Phi) is 7.52. The maximum atomic E-state index is 12.3. The summed E-state index contributed by atoms with van der Waals surface area (Å²) in [4.78, 5) is 38.2. The van der Waals surface area contributed by atoms with Crippen LogP contribution in [-0.4, -0.2) is 63.3 Å². The van der Waals surface area contributed by atoms with E-state index in [1.807, 2.05) is 0 Å². The fourth-order valence-electron chi connectivity index (χ4n) is 2.06. The molecule has 0 aliphatic carbocycles. The number of anilines is 1. The molecule has 1 aromatic heterocycles. The smallest absolute Gasteiger partial charge is 0.341 e. The minimum absolute atomic E-state index is 0.0523. The molecule has 0 aliphatic rings. The number of sulfone groups is 1. The van der Waals surface area contributed by atoms with E-state index in [1.165, 1.54) is 11.0 Å². The lowest BCUT2D eigenvalue weighted by molar-refractivity contribution is -0.113. The van der Waals surface area contributed by atoms with Crippen LogP contribution in [0, 0.1) is 6.92 Å². The SMILES string of the molecule is C=CCS(=O)(=O)CC(=O)Nc1sc(C(=O)N(C)C)c(C)c1C(=O)OCC. The predicted octanol–water partition coefficient (Wildman–Crippen LogP) is 1.47. The molecule has 0 radical (unpaired) electrons. The number of hydrogen-bond acceptors (Lipinski definition) is 7. The van der Waals surface area contributed by atoms with Crippen molar-refractivity contribution in [3.05, 3.63) is 28.7 Å². The molecule has 10 heteroatoms. The summed E-state index contributed by atoms with van der Waals surface area (Å²) in [5, 5.41) is 2.50. The zero-order chi connectivity index (χ0) is 20.1. The zero-order valence-electron chi connectivity index (χ0n) is 15.1. The number of hydrogen-bond donors (Lipinski definition) is 1.